The quantitative estimate of drug-likeness (QED) is 0.243. The largest absolute Gasteiger partial charge is 0.482 e. The first-order valence-corrected chi connectivity index (χ1v) is 16.8. The molecular formula is C35H62NO9Y-. The fourth-order valence-corrected chi connectivity index (χ4v) is 7.82. The van der Waals surface area contributed by atoms with Gasteiger partial charge in [-0.05, 0) is 89.5 Å². The second-order valence-corrected chi connectivity index (χ2v) is 14.8. The molecule has 3 aliphatic rings. The van der Waals surface area contributed by atoms with Crippen LogP contribution in [0.1, 0.15) is 81.6 Å². The van der Waals surface area contributed by atoms with Gasteiger partial charge in [-0.2, -0.15) is 6.92 Å². The minimum atomic E-state index is -1.50. The van der Waals surface area contributed by atoms with Crippen LogP contribution in [0.4, 0.5) is 0 Å². The van der Waals surface area contributed by atoms with Gasteiger partial charge in [0.25, 0.3) is 0 Å². The Morgan fingerprint density at radius 2 is 1.72 bits per heavy atom. The van der Waals surface area contributed by atoms with Crippen molar-refractivity contribution in [1.82, 2.24) is 4.90 Å². The molecule has 0 spiro atoms. The molecule has 3 saturated heterocycles. The van der Waals surface area contributed by atoms with E-state index < -0.39 is 59.9 Å². The molecule has 11 heteroatoms. The summed E-state index contributed by atoms with van der Waals surface area (Å²) in [6, 6.07) is 0.0412. The standard InChI is InChI=1S/C35H62NO9.Y/c1-14-27-35(10,39)31-23(6)22(5)20(3)16-34(9,42-18-19(2)17-41-31)30(24(7)28(37)25(8)32(38)44-27)45-33-29(40-13)26(36(11)12)15-21(4)43-33;/h20-24,26-31,33,37,39H,2,14-18H2,1,3-13H3;/q-1;/t20-,21-,22+,23+,24+,26+,27-,28+,29-,30-,31?,33+,34-,35-;/m1./s1. The van der Waals surface area contributed by atoms with Gasteiger partial charge in [0.15, 0.2) is 12.3 Å². The summed E-state index contributed by atoms with van der Waals surface area (Å²) in [4.78, 5) is 15.7. The van der Waals surface area contributed by atoms with Crippen molar-refractivity contribution in [3.63, 3.8) is 0 Å². The molecule has 46 heavy (non-hydrogen) atoms. The molecule has 0 saturated carbocycles. The third kappa shape index (κ3) is 9.15. The van der Waals surface area contributed by atoms with Crippen molar-refractivity contribution in [2.75, 3.05) is 34.4 Å². The normalized spacial score (nSPS) is 45.2. The summed E-state index contributed by atoms with van der Waals surface area (Å²) < 4.78 is 38.6. The molecular weight excluding hydrogens is 667 g/mol. The van der Waals surface area contributed by atoms with E-state index in [-0.39, 0.29) is 81.7 Å². The Bertz CT molecular complexity index is 997. The Morgan fingerprint density at radius 1 is 1.09 bits per heavy atom. The minimum Gasteiger partial charge on any atom is -0.482 e. The number of carbonyl (C=O) groups is 1. The molecule has 2 N–H and O–H groups in total. The number of methoxy groups -OCH3 is 1. The number of carbonyl (C=O) groups excluding carboxylic acids is 1. The van der Waals surface area contributed by atoms with Crippen LogP contribution in [-0.4, -0.2) is 116 Å². The third-order valence-corrected chi connectivity index (χ3v) is 11.0. The predicted molar refractivity (Wildman–Crippen MR) is 172 cm³/mol. The van der Waals surface area contributed by atoms with Gasteiger partial charge in [0.1, 0.15) is 17.8 Å². The third-order valence-electron chi connectivity index (χ3n) is 11.0. The molecule has 1 radical (unpaired) electrons. The number of cyclic esters (lactones) is 1. The molecule has 265 valence electrons. The molecule has 3 fully saturated rings. The van der Waals surface area contributed by atoms with Crippen LogP contribution in [0.15, 0.2) is 12.2 Å². The van der Waals surface area contributed by atoms with Crippen LogP contribution >= 0.6 is 0 Å². The summed E-state index contributed by atoms with van der Waals surface area (Å²) in [7, 11) is 5.70. The second-order valence-electron chi connectivity index (χ2n) is 14.8. The summed E-state index contributed by atoms with van der Waals surface area (Å²) in [6.07, 6.45) is -3.01. The summed E-state index contributed by atoms with van der Waals surface area (Å²) >= 11 is 0. The first-order chi connectivity index (χ1) is 20.9. The van der Waals surface area contributed by atoms with E-state index in [1.807, 2.05) is 41.8 Å². The zero-order valence-corrected chi connectivity index (χ0v) is 33.3. The maximum atomic E-state index is 13.6. The summed E-state index contributed by atoms with van der Waals surface area (Å²) in [5.41, 5.74) is -1.75. The minimum absolute atomic E-state index is 0. The molecule has 0 aliphatic carbocycles. The summed E-state index contributed by atoms with van der Waals surface area (Å²) in [5, 5.41) is 23.8. The summed E-state index contributed by atoms with van der Waals surface area (Å²) in [5.74, 6) is -1.13. The van der Waals surface area contributed by atoms with Crippen LogP contribution in [0.3, 0.4) is 0 Å². The van der Waals surface area contributed by atoms with Crippen molar-refractivity contribution in [3.05, 3.63) is 18.1 Å². The van der Waals surface area contributed by atoms with Crippen molar-refractivity contribution in [2.24, 2.45) is 23.7 Å². The maximum absolute atomic E-state index is 13.6. The first-order valence-electron chi connectivity index (χ1n) is 16.8. The van der Waals surface area contributed by atoms with E-state index in [0.717, 1.165) is 6.42 Å². The molecule has 10 nitrogen and oxygen atoms in total. The van der Waals surface area contributed by atoms with Crippen LogP contribution in [0.5, 0.6) is 0 Å². The van der Waals surface area contributed by atoms with E-state index in [1.54, 1.807) is 21.0 Å². The molecule has 2 bridgehead atoms. The van der Waals surface area contributed by atoms with Gasteiger partial charge in [-0.15, -0.1) is 0 Å². The van der Waals surface area contributed by atoms with Crippen molar-refractivity contribution in [3.8, 4) is 0 Å². The molecule has 3 heterocycles. The zero-order chi connectivity index (χ0) is 34.0. The Labute approximate surface area is 303 Å². The number of ether oxygens (including phenoxy) is 6. The number of aliphatic hydroxyl groups excluding tert-OH is 1. The Hall–Kier alpha value is -0.136. The molecule has 3 aliphatic heterocycles. The Balaban J connectivity index is 0.00000736. The van der Waals surface area contributed by atoms with Gasteiger partial charge in [-0.1, -0.05) is 41.2 Å². The molecule has 0 amide bonds. The monoisotopic (exact) mass is 729 g/mol. The van der Waals surface area contributed by atoms with Crippen LogP contribution in [0.2, 0.25) is 0 Å². The predicted octanol–water partition coefficient (Wildman–Crippen LogP) is 4.16. The van der Waals surface area contributed by atoms with Crippen molar-refractivity contribution in [1.29, 1.82) is 0 Å². The van der Waals surface area contributed by atoms with E-state index in [0.29, 0.717) is 18.4 Å². The van der Waals surface area contributed by atoms with E-state index in [1.165, 1.54) is 0 Å². The number of fused-ring (bicyclic) bond motifs is 5. The van der Waals surface area contributed by atoms with E-state index in [9.17, 15) is 15.0 Å². The smallest absolute Gasteiger partial charge is 0.185 e. The van der Waals surface area contributed by atoms with Gasteiger partial charge >= 0.3 is 0 Å². The van der Waals surface area contributed by atoms with E-state index in [4.69, 9.17) is 28.4 Å². The van der Waals surface area contributed by atoms with Crippen molar-refractivity contribution >= 4 is 5.97 Å². The van der Waals surface area contributed by atoms with Gasteiger partial charge in [0, 0.05) is 45.9 Å². The molecule has 0 aromatic carbocycles. The first kappa shape index (κ1) is 42.0. The molecule has 3 rings (SSSR count). The van der Waals surface area contributed by atoms with Gasteiger partial charge in [-0.25, -0.2) is 5.92 Å². The number of nitrogens with zero attached hydrogens (tertiary/aromatic N) is 1. The van der Waals surface area contributed by atoms with Crippen LogP contribution < -0.4 is 0 Å². The van der Waals surface area contributed by atoms with Crippen molar-refractivity contribution < 1.29 is 76.1 Å². The average Bonchev–Trinajstić information content (AvgIpc) is 2.99. The SMILES string of the molecule is C=C1COC2[C@@H](C)[C@@H](C)[C@H](C)C[C@@](C)(OC1)[C@H](O[C@@H]1O[C@H](C)C[C@H](N(C)C)[C@H]1OC)[C@@H](C)[C@H](O)[C-](C)C(=O)O[C@H](CC)[C@@]2(C)O.[Y]. The Kier molecular flexibility index (Phi) is 15.7. The van der Waals surface area contributed by atoms with Crippen LogP contribution in [0.25, 0.3) is 0 Å². The van der Waals surface area contributed by atoms with Crippen molar-refractivity contribution in [2.45, 2.75) is 142 Å². The number of aliphatic hydroxyl groups is 2. The van der Waals surface area contributed by atoms with Gasteiger partial charge in [-0.3, -0.25) is 4.79 Å². The Morgan fingerprint density at radius 3 is 2.28 bits per heavy atom. The number of esters is 1. The van der Waals surface area contributed by atoms with Gasteiger partial charge < -0.3 is 43.5 Å². The molecule has 0 aromatic rings. The van der Waals surface area contributed by atoms with Crippen LogP contribution in [0, 0.1) is 29.6 Å². The topological polar surface area (TPSA) is 116 Å². The maximum Gasteiger partial charge on any atom is 0.185 e. The number of likely N-dealkylation sites (N-methyl/N-ethyl adjacent to an activating group) is 1. The fourth-order valence-electron chi connectivity index (χ4n) is 7.82. The van der Waals surface area contributed by atoms with E-state index in [2.05, 4.69) is 32.3 Å². The van der Waals surface area contributed by atoms with Gasteiger partial charge in [0.05, 0.1) is 37.1 Å². The molecule has 14 atom stereocenters. The summed E-state index contributed by atoms with van der Waals surface area (Å²) in [6.45, 7) is 22.0. The second kappa shape index (κ2) is 17.2. The molecule has 1 unspecified atom stereocenters. The number of hydrogen-bond donors (Lipinski definition) is 2. The van der Waals surface area contributed by atoms with Crippen LogP contribution in [-0.2, 0) is 65.9 Å². The molecule has 0 aromatic heterocycles. The zero-order valence-electron chi connectivity index (χ0n) is 30.4. The van der Waals surface area contributed by atoms with Gasteiger partial charge in [0.2, 0.25) is 0 Å². The average molecular weight is 730 g/mol. The number of hydrogen-bond acceptors (Lipinski definition) is 10. The fraction of sp³-hybridized carbons (Fsp3) is 0.886. The number of rotatable bonds is 5. The van der Waals surface area contributed by atoms with E-state index >= 15 is 0 Å².